The maximum Gasteiger partial charge on any atom is 0.343 e. The van der Waals surface area contributed by atoms with Crippen molar-refractivity contribution in [2.45, 2.75) is 0 Å². The van der Waals surface area contributed by atoms with Crippen LogP contribution in [0.15, 0.2) is 42.5 Å². The minimum Gasteiger partial charge on any atom is -0.497 e. The lowest BCUT2D eigenvalue weighted by Gasteiger charge is -2.07. The van der Waals surface area contributed by atoms with E-state index in [4.69, 9.17) is 26.3 Å². The standard InChI is InChI=1S/C15H10ClNO3/c1-19-12-5-3-11(4-6-12)15(18)20-14-7-2-10(9-17)8-13(14)16/h2-8H,1H3. The molecule has 4 nitrogen and oxygen atoms in total. The van der Waals surface area contributed by atoms with Crippen LogP contribution in [0.1, 0.15) is 15.9 Å². The highest BCUT2D eigenvalue weighted by molar-refractivity contribution is 6.32. The summed E-state index contributed by atoms with van der Waals surface area (Å²) in [5, 5.41) is 8.95. The number of methoxy groups -OCH3 is 1. The number of halogens is 1. The molecule has 0 radical (unpaired) electrons. The molecule has 20 heavy (non-hydrogen) atoms. The SMILES string of the molecule is COc1ccc(C(=O)Oc2ccc(C#N)cc2Cl)cc1. The van der Waals surface area contributed by atoms with Crippen LogP contribution in [0.3, 0.4) is 0 Å². The first-order valence-corrected chi connectivity index (χ1v) is 6.07. The van der Waals surface area contributed by atoms with Gasteiger partial charge in [-0.25, -0.2) is 4.79 Å². The van der Waals surface area contributed by atoms with Crippen molar-refractivity contribution in [2.24, 2.45) is 0 Å². The summed E-state index contributed by atoms with van der Waals surface area (Å²) in [6.45, 7) is 0. The zero-order valence-corrected chi connectivity index (χ0v) is 11.3. The van der Waals surface area contributed by atoms with E-state index >= 15 is 0 Å². The van der Waals surface area contributed by atoms with Gasteiger partial charge in [0, 0.05) is 0 Å². The zero-order chi connectivity index (χ0) is 14.5. The fourth-order valence-corrected chi connectivity index (χ4v) is 1.76. The summed E-state index contributed by atoms with van der Waals surface area (Å²) in [5.41, 5.74) is 0.783. The topological polar surface area (TPSA) is 59.3 Å². The summed E-state index contributed by atoms with van der Waals surface area (Å²) in [6.07, 6.45) is 0. The Morgan fingerprint density at radius 3 is 2.45 bits per heavy atom. The van der Waals surface area contributed by atoms with Crippen molar-refractivity contribution in [3.63, 3.8) is 0 Å². The predicted molar refractivity (Wildman–Crippen MR) is 74.1 cm³/mol. The number of ether oxygens (including phenoxy) is 2. The predicted octanol–water partition coefficient (Wildman–Crippen LogP) is 3.44. The fraction of sp³-hybridized carbons (Fsp3) is 0.0667. The Hall–Kier alpha value is -2.51. The maximum atomic E-state index is 11.9. The van der Waals surface area contributed by atoms with Gasteiger partial charge in [-0.2, -0.15) is 5.26 Å². The first-order chi connectivity index (χ1) is 9.63. The smallest absolute Gasteiger partial charge is 0.343 e. The second kappa shape index (κ2) is 6.09. The molecule has 0 aliphatic heterocycles. The van der Waals surface area contributed by atoms with Gasteiger partial charge in [-0.05, 0) is 42.5 Å². The van der Waals surface area contributed by atoms with Crippen molar-refractivity contribution in [3.8, 4) is 17.6 Å². The van der Waals surface area contributed by atoms with Crippen molar-refractivity contribution in [1.82, 2.24) is 0 Å². The average molecular weight is 288 g/mol. The quantitative estimate of drug-likeness (QED) is 0.641. The molecule has 0 spiro atoms. The van der Waals surface area contributed by atoms with E-state index in [1.54, 1.807) is 31.4 Å². The van der Waals surface area contributed by atoms with Gasteiger partial charge in [0.15, 0.2) is 0 Å². The van der Waals surface area contributed by atoms with Crippen LogP contribution in [0.4, 0.5) is 0 Å². The van der Waals surface area contributed by atoms with Crippen molar-refractivity contribution < 1.29 is 14.3 Å². The lowest BCUT2D eigenvalue weighted by Crippen LogP contribution is -2.08. The number of benzene rings is 2. The van der Waals surface area contributed by atoms with Gasteiger partial charge < -0.3 is 9.47 Å². The first-order valence-electron chi connectivity index (χ1n) is 5.70. The monoisotopic (exact) mass is 287 g/mol. The Balaban J connectivity index is 2.17. The average Bonchev–Trinajstić information content (AvgIpc) is 2.49. The molecule has 0 heterocycles. The molecule has 0 bridgehead atoms. The number of nitriles is 1. The van der Waals surface area contributed by atoms with Crippen LogP contribution < -0.4 is 9.47 Å². The molecule has 0 aliphatic carbocycles. The minimum absolute atomic E-state index is 0.214. The molecule has 0 atom stereocenters. The Morgan fingerprint density at radius 1 is 1.20 bits per heavy atom. The molecule has 0 saturated heterocycles. The van der Waals surface area contributed by atoms with Gasteiger partial charge in [-0.3, -0.25) is 0 Å². The Bertz CT molecular complexity index is 675. The molecule has 0 saturated carbocycles. The summed E-state index contributed by atoms with van der Waals surface area (Å²) in [4.78, 5) is 11.9. The molecule has 0 unspecified atom stereocenters. The molecular formula is C15H10ClNO3. The van der Waals surface area contributed by atoms with Crippen LogP contribution in [-0.4, -0.2) is 13.1 Å². The van der Waals surface area contributed by atoms with Crippen molar-refractivity contribution in [2.75, 3.05) is 7.11 Å². The Labute approximate surface area is 121 Å². The summed E-state index contributed by atoms with van der Waals surface area (Å²) in [7, 11) is 1.55. The number of nitrogens with zero attached hydrogens (tertiary/aromatic N) is 1. The Morgan fingerprint density at radius 2 is 1.90 bits per heavy atom. The van der Waals surface area contributed by atoms with Gasteiger partial charge in [0.05, 0.1) is 29.3 Å². The molecule has 5 heteroatoms. The molecule has 0 fully saturated rings. The molecule has 2 aromatic rings. The third-order valence-electron chi connectivity index (χ3n) is 2.59. The first kappa shape index (κ1) is 13.9. The van der Waals surface area contributed by atoms with E-state index in [-0.39, 0.29) is 10.8 Å². The second-order valence-corrected chi connectivity index (χ2v) is 4.28. The Kier molecular flexibility index (Phi) is 4.24. The van der Waals surface area contributed by atoms with Crippen LogP contribution in [0.2, 0.25) is 5.02 Å². The third kappa shape index (κ3) is 3.08. The number of carbonyl (C=O) groups excluding carboxylic acids is 1. The highest BCUT2D eigenvalue weighted by Gasteiger charge is 2.11. The largest absolute Gasteiger partial charge is 0.497 e. The second-order valence-electron chi connectivity index (χ2n) is 3.88. The maximum absolute atomic E-state index is 11.9. The van der Waals surface area contributed by atoms with E-state index < -0.39 is 5.97 Å². The van der Waals surface area contributed by atoms with E-state index in [1.165, 1.54) is 18.2 Å². The van der Waals surface area contributed by atoms with Gasteiger partial charge in [-0.15, -0.1) is 0 Å². The lowest BCUT2D eigenvalue weighted by molar-refractivity contribution is 0.0735. The zero-order valence-electron chi connectivity index (χ0n) is 10.6. The third-order valence-corrected chi connectivity index (χ3v) is 2.88. The summed E-state index contributed by atoms with van der Waals surface area (Å²) < 4.78 is 10.2. The summed E-state index contributed by atoms with van der Waals surface area (Å²) >= 11 is 5.94. The minimum atomic E-state index is -0.528. The number of hydrogen-bond donors (Lipinski definition) is 0. The molecule has 0 N–H and O–H groups in total. The van der Waals surface area contributed by atoms with Gasteiger partial charge >= 0.3 is 5.97 Å². The van der Waals surface area contributed by atoms with Crippen LogP contribution >= 0.6 is 11.6 Å². The van der Waals surface area contributed by atoms with E-state index in [2.05, 4.69) is 0 Å². The summed E-state index contributed by atoms with van der Waals surface area (Å²) in [6, 6.07) is 12.9. The normalized spacial score (nSPS) is 9.65. The molecule has 2 aromatic carbocycles. The van der Waals surface area contributed by atoms with Gasteiger partial charge in [0.1, 0.15) is 11.5 Å². The number of carbonyl (C=O) groups is 1. The fourth-order valence-electron chi connectivity index (χ4n) is 1.54. The molecule has 0 aromatic heterocycles. The molecular weight excluding hydrogens is 278 g/mol. The molecule has 0 aliphatic rings. The van der Waals surface area contributed by atoms with Crippen LogP contribution in [0, 0.1) is 11.3 Å². The van der Waals surface area contributed by atoms with E-state index in [0.717, 1.165) is 0 Å². The van der Waals surface area contributed by atoms with E-state index in [9.17, 15) is 4.79 Å². The number of rotatable bonds is 3. The van der Waals surface area contributed by atoms with Crippen LogP contribution in [-0.2, 0) is 0 Å². The molecule has 2 rings (SSSR count). The van der Waals surface area contributed by atoms with Gasteiger partial charge in [-0.1, -0.05) is 11.6 Å². The van der Waals surface area contributed by atoms with Crippen LogP contribution in [0.5, 0.6) is 11.5 Å². The van der Waals surface area contributed by atoms with E-state index in [0.29, 0.717) is 16.9 Å². The van der Waals surface area contributed by atoms with Gasteiger partial charge in [0.2, 0.25) is 0 Å². The van der Waals surface area contributed by atoms with Gasteiger partial charge in [0.25, 0.3) is 0 Å². The summed E-state index contributed by atoms with van der Waals surface area (Å²) in [5.74, 6) is 0.337. The van der Waals surface area contributed by atoms with Crippen molar-refractivity contribution >= 4 is 17.6 Å². The number of esters is 1. The molecule has 100 valence electrons. The van der Waals surface area contributed by atoms with Crippen LogP contribution in [0.25, 0.3) is 0 Å². The highest BCUT2D eigenvalue weighted by Crippen LogP contribution is 2.26. The van der Waals surface area contributed by atoms with Crippen molar-refractivity contribution in [1.29, 1.82) is 5.26 Å². The van der Waals surface area contributed by atoms with Crippen molar-refractivity contribution in [3.05, 3.63) is 58.6 Å². The highest BCUT2D eigenvalue weighted by atomic mass is 35.5. The lowest BCUT2D eigenvalue weighted by atomic mass is 10.2. The number of hydrogen-bond acceptors (Lipinski definition) is 4. The molecule has 0 amide bonds. The van der Waals surface area contributed by atoms with E-state index in [1.807, 2.05) is 6.07 Å².